The van der Waals surface area contributed by atoms with Crippen molar-refractivity contribution in [3.63, 3.8) is 0 Å². The van der Waals surface area contributed by atoms with Crippen LogP contribution in [0, 0.1) is 10.1 Å². The number of fused-ring (bicyclic) bond motifs is 3. The lowest BCUT2D eigenvalue weighted by molar-refractivity contribution is -0.385. The van der Waals surface area contributed by atoms with E-state index < -0.39 is 16.7 Å². The van der Waals surface area contributed by atoms with E-state index in [2.05, 4.69) is 4.90 Å². The van der Waals surface area contributed by atoms with Crippen LogP contribution in [-0.4, -0.2) is 52.7 Å². The van der Waals surface area contributed by atoms with E-state index >= 15 is 0 Å². The molecular formula is C18H19N3O4. The van der Waals surface area contributed by atoms with Gasteiger partial charge in [-0.2, -0.15) is 0 Å². The highest BCUT2D eigenvalue weighted by atomic mass is 16.6. The first kappa shape index (κ1) is 17.0. The second kappa shape index (κ2) is 6.60. The molecule has 0 N–H and O–H groups in total. The van der Waals surface area contributed by atoms with Gasteiger partial charge in [0, 0.05) is 19.2 Å². The van der Waals surface area contributed by atoms with Crippen LogP contribution in [0.5, 0.6) is 0 Å². The summed E-state index contributed by atoms with van der Waals surface area (Å²) in [5.74, 6) is -1.03. The molecule has 25 heavy (non-hydrogen) atoms. The Morgan fingerprint density at radius 3 is 2.36 bits per heavy atom. The maximum Gasteiger partial charge on any atom is 0.283 e. The smallest absolute Gasteiger partial charge is 0.283 e. The Morgan fingerprint density at radius 2 is 1.72 bits per heavy atom. The minimum absolute atomic E-state index is 0.0896. The van der Waals surface area contributed by atoms with Gasteiger partial charge in [-0.25, -0.2) is 0 Å². The average molecular weight is 341 g/mol. The van der Waals surface area contributed by atoms with Crippen molar-refractivity contribution in [1.29, 1.82) is 0 Å². The third-order valence-electron chi connectivity index (χ3n) is 4.68. The molecule has 2 aromatic rings. The number of likely N-dealkylation sites (N-methyl/N-ethyl adjacent to an activating group) is 1. The maximum atomic E-state index is 12.8. The quantitative estimate of drug-likeness (QED) is 0.458. The standard InChI is InChI=1S/C18H19N3O4/c1-3-19(4-2)9-10-20-17(22)15-13-8-6-5-7-12(13)11-14(21(24)25)16(15)18(20)23/h5-8,11H,3-4,9-10H2,1-2H3. The van der Waals surface area contributed by atoms with Gasteiger partial charge in [0.25, 0.3) is 17.5 Å². The summed E-state index contributed by atoms with van der Waals surface area (Å²) in [5, 5.41) is 12.6. The van der Waals surface area contributed by atoms with Crippen molar-refractivity contribution >= 4 is 28.3 Å². The number of nitrogens with zero attached hydrogens (tertiary/aromatic N) is 3. The highest BCUT2D eigenvalue weighted by molar-refractivity contribution is 6.28. The Hall–Kier alpha value is -2.80. The molecule has 2 aromatic carbocycles. The van der Waals surface area contributed by atoms with E-state index in [4.69, 9.17) is 0 Å². The molecule has 0 radical (unpaired) electrons. The largest absolute Gasteiger partial charge is 0.302 e. The van der Waals surface area contributed by atoms with Crippen LogP contribution in [0.3, 0.4) is 0 Å². The summed E-state index contributed by atoms with van der Waals surface area (Å²) < 4.78 is 0. The van der Waals surface area contributed by atoms with E-state index in [9.17, 15) is 19.7 Å². The fourth-order valence-corrected chi connectivity index (χ4v) is 3.26. The van der Waals surface area contributed by atoms with Gasteiger partial charge >= 0.3 is 0 Å². The van der Waals surface area contributed by atoms with Gasteiger partial charge in [0.15, 0.2) is 0 Å². The molecule has 0 unspecified atom stereocenters. The lowest BCUT2D eigenvalue weighted by atomic mass is 9.99. The number of imide groups is 1. The summed E-state index contributed by atoms with van der Waals surface area (Å²) in [5.41, 5.74) is -0.250. The summed E-state index contributed by atoms with van der Waals surface area (Å²) in [7, 11) is 0. The molecule has 1 aliphatic rings. The number of amides is 2. The number of benzene rings is 2. The maximum absolute atomic E-state index is 12.8. The molecule has 7 heteroatoms. The molecular weight excluding hydrogens is 322 g/mol. The van der Waals surface area contributed by atoms with Gasteiger partial charge in [-0.3, -0.25) is 24.6 Å². The second-order valence-electron chi connectivity index (χ2n) is 5.91. The van der Waals surface area contributed by atoms with E-state index in [1.807, 2.05) is 13.8 Å². The van der Waals surface area contributed by atoms with Crippen molar-refractivity contribution in [2.75, 3.05) is 26.2 Å². The number of carbonyl (C=O) groups excluding carboxylic acids is 2. The highest BCUT2D eigenvalue weighted by Gasteiger charge is 2.42. The van der Waals surface area contributed by atoms with Crippen LogP contribution in [0.2, 0.25) is 0 Å². The first-order valence-electron chi connectivity index (χ1n) is 8.28. The summed E-state index contributed by atoms with van der Waals surface area (Å²) >= 11 is 0. The van der Waals surface area contributed by atoms with Gasteiger partial charge in [-0.1, -0.05) is 38.1 Å². The molecule has 0 saturated heterocycles. The Morgan fingerprint density at radius 1 is 1.08 bits per heavy atom. The van der Waals surface area contributed by atoms with Crippen LogP contribution >= 0.6 is 0 Å². The zero-order valence-electron chi connectivity index (χ0n) is 14.2. The molecule has 3 rings (SSSR count). The van der Waals surface area contributed by atoms with Crippen LogP contribution in [0.1, 0.15) is 34.6 Å². The van der Waals surface area contributed by atoms with Crippen LogP contribution in [0.4, 0.5) is 5.69 Å². The number of nitro groups is 1. The SMILES string of the molecule is CCN(CC)CCN1C(=O)c2c([N+](=O)[O-])cc3ccccc3c2C1=O. The predicted octanol–water partition coefficient (Wildman–Crippen LogP) is 2.69. The molecule has 0 bridgehead atoms. The van der Waals surface area contributed by atoms with E-state index in [0.29, 0.717) is 17.3 Å². The normalized spacial score (nSPS) is 13.8. The summed E-state index contributed by atoms with van der Waals surface area (Å²) in [6.45, 7) is 6.39. The second-order valence-corrected chi connectivity index (χ2v) is 5.91. The minimum Gasteiger partial charge on any atom is -0.302 e. The number of hydrogen-bond acceptors (Lipinski definition) is 5. The molecule has 0 fully saturated rings. The van der Waals surface area contributed by atoms with E-state index in [0.717, 1.165) is 18.0 Å². The Labute approximate surface area is 145 Å². The van der Waals surface area contributed by atoms with Crippen molar-refractivity contribution < 1.29 is 14.5 Å². The Kier molecular flexibility index (Phi) is 4.50. The van der Waals surface area contributed by atoms with E-state index in [1.165, 1.54) is 6.07 Å². The molecule has 0 aromatic heterocycles. The Bertz CT molecular complexity index is 874. The van der Waals surface area contributed by atoms with Gasteiger partial charge in [-0.05, 0) is 23.9 Å². The van der Waals surface area contributed by atoms with E-state index in [-0.39, 0.29) is 23.4 Å². The Balaban J connectivity index is 2.08. The van der Waals surface area contributed by atoms with Gasteiger partial charge in [0.2, 0.25) is 0 Å². The molecule has 0 atom stereocenters. The van der Waals surface area contributed by atoms with Crippen molar-refractivity contribution in [1.82, 2.24) is 9.80 Å². The zero-order chi connectivity index (χ0) is 18.1. The molecule has 1 heterocycles. The lowest BCUT2D eigenvalue weighted by Crippen LogP contribution is -2.38. The monoisotopic (exact) mass is 341 g/mol. The summed E-state index contributed by atoms with van der Waals surface area (Å²) in [6, 6.07) is 8.30. The van der Waals surface area contributed by atoms with Crippen LogP contribution < -0.4 is 0 Å². The zero-order valence-corrected chi connectivity index (χ0v) is 14.2. The number of hydrogen-bond donors (Lipinski definition) is 0. The molecule has 130 valence electrons. The molecule has 1 aliphatic heterocycles. The third-order valence-corrected chi connectivity index (χ3v) is 4.68. The fourth-order valence-electron chi connectivity index (χ4n) is 3.26. The predicted molar refractivity (Wildman–Crippen MR) is 93.8 cm³/mol. The van der Waals surface area contributed by atoms with Crippen LogP contribution in [-0.2, 0) is 0 Å². The average Bonchev–Trinajstić information content (AvgIpc) is 2.87. The van der Waals surface area contributed by atoms with Gasteiger partial charge in [0.1, 0.15) is 5.56 Å². The molecule has 0 spiro atoms. The topological polar surface area (TPSA) is 83.8 Å². The summed E-state index contributed by atoms with van der Waals surface area (Å²) in [4.78, 5) is 39.7. The summed E-state index contributed by atoms with van der Waals surface area (Å²) in [6.07, 6.45) is 0. The molecule has 2 amide bonds. The van der Waals surface area contributed by atoms with Gasteiger partial charge < -0.3 is 4.90 Å². The van der Waals surface area contributed by atoms with Gasteiger partial charge in [-0.15, -0.1) is 0 Å². The van der Waals surface area contributed by atoms with Gasteiger partial charge in [0.05, 0.1) is 10.5 Å². The highest BCUT2D eigenvalue weighted by Crippen LogP contribution is 2.36. The number of nitro benzene ring substituents is 1. The van der Waals surface area contributed by atoms with Crippen molar-refractivity contribution in [2.45, 2.75) is 13.8 Å². The van der Waals surface area contributed by atoms with Crippen molar-refractivity contribution in [3.8, 4) is 0 Å². The number of rotatable bonds is 6. The van der Waals surface area contributed by atoms with Crippen LogP contribution in [0.15, 0.2) is 30.3 Å². The first-order valence-corrected chi connectivity index (χ1v) is 8.28. The number of carbonyl (C=O) groups is 2. The molecule has 0 saturated carbocycles. The van der Waals surface area contributed by atoms with Crippen molar-refractivity contribution in [3.05, 3.63) is 51.6 Å². The van der Waals surface area contributed by atoms with E-state index in [1.54, 1.807) is 24.3 Å². The molecule has 7 nitrogen and oxygen atoms in total. The minimum atomic E-state index is -0.593. The molecule has 0 aliphatic carbocycles. The third kappa shape index (κ3) is 2.76. The van der Waals surface area contributed by atoms with Crippen LogP contribution in [0.25, 0.3) is 10.8 Å². The van der Waals surface area contributed by atoms with Crippen molar-refractivity contribution in [2.24, 2.45) is 0 Å². The first-order chi connectivity index (χ1) is 12.0. The lowest BCUT2D eigenvalue weighted by Gasteiger charge is -2.21. The fraction of sp³-hybridized carbons (Fsp3) is 0.333.